The van der Waals surface area contributed by atoms with Crippen LogP contribution in [-0.4, -0.2) is 87.8 Å². The summed E-state index contributed by atoms with van der Waals surface area (Å²) in [5.41, 5.74) is -7.13. The van der Waals surface area contributed by atoms with Crippen LogP contribution in [0.25, 0.3) is 11.1 Å². The maximum Gasteiger partial charge on any atom is 0.460 e. The van der Waals surface area contributed by atoms with E-state index in [1.165, 1.54) is 0 Å². The molecule has 0 heterocycles. The molecular formula is C23H10F18N2O10S2. The minimum absolute atomic E-state index is 0.107. The lowest BCUT2D eigenvalue weighted by atomic mass is 10.0. The molecule has 0 spiro atoms. The van der Waals surface area contributed by atoms with E-state index >= 15 is 0 Å². The molecule has 1 aliphatic rings. The number of alkyl halides is 18. The van der Waals surface area contributed by atoms with Gasteiger partial charge in [0.15, 0.2) is 0 Å². The van der Waals surface area contributed by atoms with Crippen molar-refractivity contribution in [3.8, 4) is 11.1 Å². The number of rotatable bonds is 14. The average Bonchev–Trinajstić information content (AvgIpc) is 3.39. The molecule has 0 fully saturated rings. The summed E-state index contributed by atoms with van der Waals surface area (Å²) in [6.45, 7) is -6.96. The Hall–Kier alpha value is -4.20. The highest BCUT2D eigenvalue weighted by Gasteiger charge is 2.83. The molecule has 55 heavy (non-hydrogen) atoms. The van der Waals surface area contributed by atoms with Crippen molar-refractivity contribution in [1.82, 2.24) is 0 Å². The molecule has 0 unspecified atom stereocenters. The van der Waals surface area contributed by atoms with Crippen molar-refractivity contribution in [2.45, 2.75) is 64.1 Å². The topological polar surface area (TPSA) is 173 Å². The highest BCUT2D eigenvalue weighted by molar-refractivity contribution is 7.87. The molecular weight excluding hydrogens is 870 g/mol. The maximum absolute atomic E-state index is 13.9. The van der Waals surface area contributed by atoms with Crippen molar-refractivity contribution < 1.29 is 114 Å². The highest BCUT2D eigenvalue weighted by atomic mass is 32.2. The number of benzene rings is 2. The predicted molar refractivity (Wildman–Crippen MR) is 136 cm³/mol. The van der Waals surface area contributed by atoms with Crippen LogP contribution in [0.4, 0.5) is 90.4 Å². The summed E-state index contributed by atoms with van der Waals surface area (Å²) in [6, 6.07) is -0.201. The summed E-state index contributed by atoms with van der Waals surface area (Å²) >= 11 is 0. The Labute approximate surface area is 290 Å². The van der Waals surface area contributed by atoms with Crippen LogP contribution in [0, 0.1) is 20.2 Å². The van der Waals surface area contributed by atoms with Crippen LogP contribution in [0.2, 0.25) is 0 Å². The molecule has 1 aliphatic carbocycles. The monoisotopic (exact) mass is 880 g/mol. The van der Waals surface area contributed by atoms with Crippen molar-refractivity contribution in [2.75, 3.05) is 13.2 Å². The summed E-state index contributed by atoms with van der Waals surface area (Å²) in [5, 5.41) is 23.6. The summed E-state index contributed by atoms with van der Waals surface area (Å²) in [5.74, 6) is -43.1. The van der Waals surface area contributed by atoms with Gasteiger partial charge in [0.1, 0.15) is 23.0 Å². The van der Waals surface area contributed by atoms with E-state index in [4.69, 9.17) is 0 Å². The van der Waals surface area contributed by atoms with Crippen LogP contribution in [-0.2, 0) is 35.0 Å². The molecule has 0 saturated carbocycles. The third-order valence-electron chi connectivity index (χ3n) is 7.16. The van der Waals surface area contributed by atoms with Gasteiger partial charge in [0.25, 0.3) is 31.6 Å². The van der Waals surface area contributed by atoms with E-state index < -0.39 is 141 Å². The number of nitro benzene ring substituents is 2. The van der Waals surface area contributed by atoms with Crippen molar-refractivity contribution in [1.29, 1.82) is 0 Å². The van der Waals surface area contributed by atoms with E-state index in [0.29, 0.717) is 0 Å². The van der Waals surface area contributed by atoms with Gasteiger partial charge < -0.3 is 0 Å². The van der Waals surface area contributed by atoms with Crippen molar-refractivity contribution in [2.24, 2.45) is 0 Å². The fraction of sp³-hybridized carbons (Fsp3) is 0.478. The second-order valence-corrected chi connectivity index (χ2v) is 14.0. The predicted octanol–water partition coefficient (Wildman–Crippen LogP) is 7.42. The minimum atomic E-state index is -7.51. The lowest BCUT2D eigenvalue weighted by Crippen LogP contribution is -2.62. The lowest BCUT2D eigenvalue weighted by molar-refractivity contribution is -0.398. The van der Waals surface area contributed by atoms with Crippen molar-refractivity contribution >= 4 is 31.6 Å². The van der Waals surface area contributed by atoms with Crippen LogP contribution in [0.5, 0.6) is 0 Å². The Balaban J connectivity index is 2.07. The summed E-state index contributed by atoms with van der Waals surface area (Å²) in [7, 11) is -12.3. The van der Waals surface area contributed by atoms with Gasteiger partial charge in [-0.2, -0.15) is 95.9 Å². The molecule has 12 nitrogen and oxygen atoms in total. The van der Waals surface area contributed by atoms with Crippen LogP contribution < -0.4 is 0 Å². The third kappa shape index (κ3) is 7.42. The first kappa shape index (κ1) is 45.2. The summed E-state index contributed by atoms with van der Waals surface area (Å²) in [4.78, 5) is 17.0. The zero-order valence-corrected chi connectivity index (χ0v) is 26.7. The van der Waals surface area contributed by atoms with E-state index in [9.17, 15) is 116 Å². The highest BCUT2D eigenvalue weighted by Crippen LogP contribution is 2.55. The number of fused-ring (bicyclic) bond motifs is 3. The van der Waals surface area contributed by atoms with Crippen molar-refractivity contribution in [3.05, 3.63) is 55.6 Å². The smallest absolute Gasteiger partial charge is 0.260 e. The van der Waals surface area contributed by atoms with Gasteiger partial charge >= 0.3 is 47.9 Å². The molecule has 32 heteroatoms. The second kappa shape index (κ2) is 13.2. The number of halogens is 18. The van der Waals surface area contributed by atoms with Gasteiger partial charge in [-0.05, 0) is 29.7 Å². The fourth-order valence-corrected chi connectivity index (χ4v) is 6.35. The molecule has 0 aliphatic heterocycles. The van der Waals surface area contributed by atoms with Crippen LogP contribution in [0.3, 0.4) is 0 Å². The average molecular weight is 880 g/mol. The molecule has 0 amide bonds. The van der Waals surface area contributed by atoms with E-state index in [-0.39, 0.29) is 24.3 Å². The number of hydrogen-bond acceptors (Lipinski definition) is 10. The molecule has 0 aromatic heterocycles. The molecule has 2 aromatic carbocycles. The van der Waals surface area contributed by atoms with Gasteiger partial charge in [-0.25, -0.2) is 0 Å². The molecule has 0 bridgehead atoms. The van der Waals surface area contributed by atoms with E-state index in [1.54, 1.807) is 0 Å². The van der Waals surface area contributed by atoms with Gasteiger partial charge in [-0.1, -0.05) is 0 Å². The summed E-state index contributed by atoms with van der Waals surface area (Å²) in [6.07, 6.45) is -15.9. The second-order valence-electron chi connectivity index (χ2n) is 10.8. The van der Waals surface area contributed by atoms with E-state index in [2.05, 4.69) is 8.37 Å². The molecule has 0 N–H and O–H groups in total. The largest absolute Gasteiger partial charge is 0.460 e. The quantitative estimate of drug-likeness (QED) is 0.0687. The normalized spacial score (nSPS) is 15.2. The lowest BCUT2D eigenvalue weighted by Gasteiger charge is -2.33. The molecule has 0 atom stereocenters. The molecule has 2 aromatic rings. The SMILES string of the molecule is O=[N+]([O-])c1cc(S(=O)(=O)OCC(F)(F)C(F)(F)C(F)(F)C(F)(F)F)cc2c1-c1c(cc(S(=O)(=O)OCC(F)(F)C(F)(F)C(F)(F)C(F)(F)F)cc1[N+](=O)[O-])C2. The molecule has 0 radical (unpaired) electrons. The maximum atomic E-state index is 13.9. The molecule has 0 saturated heterocycles. The Morgan fingerprint density at radius 1 is 0.509 bits per heavy atom. The zero-order chi connectivity index (χ0) is 43.1. The van der Waals surface area contributed by atoms with Gasteiger partial charge in [-0.15, -0.1) is 0 Å². The first-order valence-corrected chi connectivity index (χ1v) is 15.9. The van der Waals surface area contributed by atoms with Gasteiger partial charge in [-0.3, -0.25) is 28.6 Å². The van der Waals surface area contributed by atoms with Gasteiger partial charge in [0.2, 0.25) is 0 Å². The third-order valence-corrected chi connectivity index (χ3v) is 9.64. The Kier molecular flexibility index (Phi) is 10.8. The number of nitrogens with zero attached hydrogens (tertiary/aromatic N) is 2. The zero-order valence-electron chi connectivity index (χ0n) is 25.0. The van der Waals surface area contributed by atoms with Gasteiger partial charge in [0.05, 0.1) is 21.0 Å². The van der Waals surface area contributed by atoms with Crippen LogP contribution >= 0.6 is 0 Å². The number of hydrogen-bond donors (Lipinski definition) is 0. The standard InChI is InChI=1S/C23H10F18N2O10S2/c24-16(25,18(28,29)20(32,33)22(36,37)38)6-52-54(48,49)10-2-8-1-9-3-11(5-13(43(46)47)15(9)14(8)12(4-10)42(44)45)55(50,51)53-7-17(26,27)19(30,31)21(34,35)23(39,40)41/h2-5H,1,6-7H2. The number of nitro groups is 2. The Bertz CT molecular complexity index is 1990. The van der Waals surface area contributed by atoms with E-state index in [0.717, 1.165) is 0 Å². The van der Waals surface area contributed by atoms with E-state index in [1.807, 2.05) is 0 Å². The fourth-order valence-electron chi connectivity index (χ4n) is 4.39. The van der Waals surface area contributed by atoms with Crippen molar-refractivity contribution in [3.63, 3.8) is 0 Å². The first-order chi connectivity index (χ1) is 24.2. The van der Waals surface area contributed by atoms with Crippen LogP contribution in [0.1, 0.15) is 11.1 Å². The molecule has 310 valence electrons. The summed E-state index contributed by atoms with van der Waals surface area (Å²) < 4.78 is 294. The first-order valence-electron chi connectivity index (χ1n) is 13.0. The minimum Gasteiger partial charge on any atom is -0.260 e. The Morgan fingerprint density at radius 2 is 0.782 bits per heavy atom. The Morgan fingerprint density at radius 3 is 1.02 bits per heavy atom. The van der Waals surface area contributed by atoms with Gasteiger partial charge in [0, 0.05) is 12.1 Å². The van der Waals surface area contributed by atoms with Crippen LogP contribution in [0.15, 0.2) is 34.1 Å². The molecule has 3 rings (SSSR count).